The van der Waals surface area contributed by atoms with Gasteiger partial charge in [0.25, 0.3) is 0 Å². The molecule has 2 atom stereocenters. The van der Waals surface area contributed by atoms with Crippen molar-refractivity contribution in [3.63, 3.8) is 0 Å². The Morgan fingerprint density at radius 3 is 2.42 bits per heavy atom. The molecule has 2 aromatic rings. The number of nitrogens with one attached hydrogen (secondary N) is 1. The van der Waals surface area contributed by atoms with Crippen molar-refractivity contribution in [1.29, 1.82) is 0 Å². The van der Waals surface area contributed by atoms with Gasteiger partial charge in [-0.25, -0.2) is 4.39 Å². The molecule has 2 fully saturated rings. The van der Waals surface area contributed by atoms with E-state index in [1.807, 2.05) is 17.9 Å². The number of likely N-dealkylation sites (tertiary alicyclic amines) is 1. The lowest BCUT2D eigenvalue weighted by Crippen LogP contribution is -2.49. The first kappa shape index (κ1) is 32.6. The molecule has 0 radical (unpaired) electrons. The zero-order valence-electron chi connectivity index (χ0n) is 25.8. The van der Waals surface area contributed by atoms with Crippen LogP contribution >= 0.6 is 0 Å². The minimum Gasteiger partial charge on any atom is -0.377 e. The van der Waals surface area contributed by atoms with Crippen LogP contribution in [-0.2, 0) is 25.6 Å². The number of carbonyl (C=O) groups excluding carboxylic acids is 2. The Kier molecular flexibility index (Phi) is 12.1. The highest BCUT2D eigenvalue weighted by atomic mass is 19.1. The van der Waals surface area contributed by atoms with Crippen molar-refractivity contribution in [1.82, 2.24) is 20.0 Å². The molecule has 2 amide bonds. The summed E-state index contributed by atoms with van der Waals surface area (Å²) in [6.45, 7) is 12.1. The number of aryl methyl sites for hydroxylation is 1. The Bertz CT molecular complexity index is 1200. The Morgan fingerprint density at radius 2 is 1.74 bits per heavy atom. The van der Waals surface area contributed by atoms with Crippen LogP contribution in [0.2, 0.25) is 0 Å². The average molecular weight is 596 g/mol. The highest BCUT2D eigenvalue weighted by Gasteiger charge is 2.35. The molecule has 0 saturated carbocycles. The fraction of sp³-hybridized carbons (Fsp3) is 0.515. The summed E-state index contributed by atoms with van der Waals surface area (Å²) in [4.78, 5) is 32.5. The summed E-state index contributed by atoms with van der Waals surface area (Å²) >= 11 is 0. The maximum absolute atomic E-state index is 14.5. The van der Waals surface area contributed by atoms with Crippen LogP contribution in [0.4, 0.5) is 10.1 Å². The predicted molar refractivity (Wildman–Crippen MR) is 167 cm³/mol. The summed E-state index contributed by atoms with van der Waals surface area (Å²) in [6, 6.07) is 14.5. The molecule has 9 nitrogen and oxygen atoms in total. The smallest absolute Gasteiger partial charge is 0.248 e. The van der Waals surface area contributed by atoms with Gasteiger partial charge in [-0.3, -0.25) is 14.5 Å². The van der Waals surface area contributed by atoms with Crippen molar-refractivity contribution in [2.75, 3.05) is 91.2 Å². The van der Waals surface area contributed by atoms with Gasteiger partial charge in [0.2, 0.25) is 11.8 Å². The summed E-state index contributed by atoms with van der Waals surface area (Å²) in [5.74, 6) is -0.0308. The highest BCUT2D eigenvalue weighted by Crippen LogP contribution is 2.33. The van der Waals surface area contributed by atoms with Crippen LogP contribution in [0.5, 0.6) is 0 Å². The number of carbonyl (C=O) groups is 2. The normalized spacial score (nSPS) is 19.2. The van der Waals surface area contributed by atoms with Gasteiger partial charge in [0.15, 0.2) is 0 Å². The highest BCUT2D eigenvalue weighted by molar-refractivity contribution is 5.86. The molecule has 0 bridgehead atoms. The van der Waals surface area contributed by atoms with Crippen LogP contribution < -0.4 is 10.2 Å². The zero-order chi connectivity index (χ0) is 30.8. The number of likely N-dealkylation sites (N-methyl/N-ethyl adjacent to an activating group) is 1. The van der Waals surface area contributed by atoms with Crippen molar-refractivity contribution >= 4 is 17.5 Å². The molecule has 1 N–H and O–H groups in total. The number of anilines is 1. The first-order chi connectivity index (χ1) is 20.8. The zero-order valence-corrected chi connectivity index (χ0v) is 25.8. The van der Waals surface area contributed by atoms with E-state index >= 15 is 0 Å². The number of piperazine rings is 1. The van der Waals surface area contributed by atoms with Crippen LogP contribution in [0.25, 0.3) is 0 Å². The first-order valence-corrected chi connectivity index (χ1v) is 15.1. The molecule has 2 aliphatic rings. The molecule has 43 heavy (non-hydrogen) atoms. The third kappa shape index (κ3) is 9.09. The Hall–Kier alpha value is -3.31. The van der Waals surface area contributed by atoms with Crippen LogP contribution in [-0.4, -0.2) is 119 Å². The largest absolute Gasteiger partial charge is 0.377 e. The van der Waals surface area contributed by atoms with Gasteiger partial charge in [-0.15, -0.1) is 0 Å². The second-order valence-corrected chi connectivity index (χ2v) is 11.5. The number of rotatable bonds is 14. The lowest BCUT2D eigenvalue weighted by atomic mass is 9.93. The van der Waals surface area contributed by atoms with Gasteiger partial charge >= 0.3 is 0 Å². The Balaban J connectivity index is 1.21. The van der Waals surface area contributed by atoms with Crippen molar-refractivity contribution in [3.05, 3.63) is 77.6 Å². The van der Waals surface area contributed by atoms with E-state index in [4.69, 9.17) is 9.47 Å². The number of hydrogen-bond donors (Lipinski definition) is 1. The molecule has 2 saturated heterocycles. The maximum atomic E-state index is 14.5. The lowest BCUT2D eigenvalue weighted by molar-refractivity contribution is -0.137. The molecule has 2 aliphatic heterocycles. The van der Waals surface area contributed by atoms with Crippen molar-refractivity contribution in [3.8, 4) is 0 Å². The van der Waals surface area contributed by atoms with Crippen molar-refractivity contribution < 1.29 is 23.5 Å². The van der Waals surface area contributed by atoms with Gasteiger partial charge in [0, 0.05) is 75.6 Å². The van der Waals surface area contributed by atoms with Crippen molar-refractivity contribution in [2.24, 2.45) is 0 Å². The second kappa shape index (κ2) is 16.0. The van der Waals surface area contributed by atoms with E-state index in [0.29, 0.717) is 58.0 Å². The van der Waals surface area contributed by atoms with Crippen LogP contribution in [0, 0.1) is 12.7 Å². The third-order valence-electron chi connectivity index (χ3n) is 8.41. The molecule has 4 rings (SSSR count). The average Bonchev–Trinajstić information content (AvgIpc) is 3.45. The number of nitrogens with zero attached hydrogens (tertiary/aromatic N) is 4. The van der Waals surface area contributed by atoms with Gasteiger partial charge < -0.3 is 29.5 Å². The van der Waals surface area contributed by atoms with E-state index in [1.54, 1.807) is 12.1 Å². The number of amides is 2. The molecule has 0 aromatic heterocycles. The monoisotopic (exact) mass is 595 g/mol. The van der Waals surface area contributed by atoms with Crippen LogP contribution in [0.15, 0.2) is 55.1 Å². The molecule has 10 heteroatoms. The number of halogens is 1. The lowest BCUT2D eigenvalue weighted by Gasteiger charge is -2.36. The van der Waals surface area contributed by atoms with Gasteiger partial charge in [-0.1, -0.05) is 30.8 Å². The van der Waals surface area contributed by atoms with E-state index in [2.05, 4.69) is 65.0 Å². The molecule has 0 unspecified atom stereocenters. The number of benzene rings is 2. The molecular formula is C33H46FN5O4. The Labute approximate surface area is 255 Å². The molecular weight excluding hydrogens is 549 g/mol. The quantitative estimate of drug-likeness (QED) is 0.266. The van der Waals surface area contributed by atoms with Gasteiger partial charge in [-0.05, 0) is 56.4 Å². The van der Waals surface area contributed by atoms with E-state index in [0.717, 1.165) is 43.0 Å². The third-order valence-corrected chi connectivity index (χ3v) is 8.41. The van der Waals surface area contributed by atoms with E-state index in [9.17, 15) is 14.0 Å². The molecule has 2 aromatic carbocycles. The standard InChI is InChI=1S/C33H46FN5O4/c1-5-32(40)35-13-18-42-19-20-43-24-33(41)39-16-14-38(15-17-39)27-11-9-26(10-12-27)29-22-37(23-31(29)36(3)4)21-28-25(2)7-6-8-30(28)34/h5-12,29,31H,1,13-24H2,2-4H3,(H,35,40)/t29-,31+/m1/s1. The van der Waals surface area contributed by atoms with Gasteiger partial charge in [0.05, 0.1) is 19.8 Å². The maximum Gasteiger partial charge on any atom is 0.248 e. The van der Waals surface area contributed by atoms with E-state index in [1.165, 1.54) is 11.6 Å². The SMILES string of the molecule is C=CC(=O)NCCOCCOCC(=O)N1CCN(c2ccc([C@H]3CN(Cc4c(C)cccc4F)C[C@@H]3N(C)C)cc2)CC1. The number of hydrogen-bond acceptors (Lipinski definition) is 7. The van der Waals surface area contributed by atoms with Gasteiger partial charge in [0.1, 0.15) is 12.4 Å². The molecule has 2 heterocycles. The van der Waals surface area contributed by atoms with E-state index < -0.39 is 0 Å². The first-order valence-electron chi connectivity index (χ1n) is 15.1. The summed E-state index contributed by atoms with van der Waals surface area (Å²) in [6.07, 6.45) is 1.22. The fourth-order valence-electron chi connectivity index (χ4n) is 5.87. The summed E-state index contributed by atoms with van der Waals surface area (Å²) in [7, 11) is 4.25. The topological polar surface area (TPSA) is 77.6 Å². The summed E-state index contributed by atoms with van der Waals surface area (Å²) in [5.41, 5.74) is 4.24. The molecule has 0 aliphatic carbocycles. The molecule has 0 spiro atoms. The fourth-order valence-corrected chi connectivity index (χ4v) is 5.87. The second-order valence-electron chi connectivity index (χ2n) is 11.5. The summed E-state index contributed by atoms with van der Waals surface area (Å²) < 4.78 is 25.4. The number of ether oxygens (including phenoxy) is 2. The molecule has 234 valence electrons. The van der Waals surface area contributed by atoms with Gasteiger partial charge in [-0.2, -0.15) is 0 Å². The summed E-state index contributed by atoms with van der Waals surface area (Å²) in [5, 5.41) is 2.63. The minimum atomic E-state index is -0.231. The Morgan fingerprint density at radius 1 is 1.02 bits per heavy atom. The van der Waals surface area contributed by atoms with Crippen molar-refractivity contribution in [2.45, 2.75) is 25.4 Å². The predicted octanol–water partition coefficient (Wildman–Crippen LogP) is 2.65. The van der Waals surface area contributed by atoms with Crippen LogP contribution in [0.1, 0.15) is 22.6 Å². The van der Waals surface area contributed by atoms with E-state index in [-0.39, 0.29) is 24.2 Å². The minimum absolute atomic E-state index is 0.0145. The van der Waals surface area contributed by atoms with Crippen LogP contribution in [0.3, 0.4) is 0 Å².